The third kappa shape index (κ3) is 1.87. The lowest BCUT2D eigenvalue weighted by molar-refractivity contribution is 0.0697. The van der Waals surface area contributed by atoms with E-state index < -0.39 is 5.97 Å². The Bertz CT molecular complexity index is 508. The quantitative estimate of drug-likeness (QED) is 0.842. The number of thiazole rings is 1. The van der Waals surface area contributed by atoms with Crippen LogP contribution in [0.5, 0.6) is 0 Å². The predicted octanol–water partition coefficient (Wildman–Crippen LogP) is 2.21. The molecule has 0 saturated carbocycles. The van der Waals surface area contributed by atoms with Gasteiger partial charge < -0.3 is 5.11 Å². The van der Waals surface area contributed by atoms with Crippen molar-refractivity contribution in [2.45, 2.75) is 6.92 Å². The Hall–Kier alpha value is -1.75. The third-order valence-corrected chi connectivity index (χ3v) is 2.94. The number of aromatic nitrogens is 2. The summed E-state index contributed by atoms with van der Waals surface area (Å²) in [6, 6.07) is 3.03. The maximum absolute atomic E-state index is 10.8. The molecule has 5 heteroatoms. The number of hydrogen-bond donors (Lipinski definition) is 1. The van der Waals surface area contributed by atoms with E-state index in [4.69, 9.17) is 5.11 Å². The molecule has 0 aliphatic carbocycles. The van der Waals surface area contributed by atoms with Gasteiger partial charge >= 0.3 is 5.97 Å². The first-order valence-corrected chi connectivity index (χ1v) is 5.16. The number of carboxylic acid groups (broad SMARTS) is 1. The number of carbonyl (C=O) groups is 1. The molecule has 0 aliphatic rings. The van der Waals surface area contributed by atoms with E-state index in [0.29, 0.717) is 5.69 Å². The van der Waals surface area contributed by atoms with Crippen molar-refractivity contribution in [1.82, 2.24) is 9.97 Å². The molecule has 0 radical (unpaired) electrons. The largest absolute Gasteiger partial charge is 0.478 e. The molecule has 0 bridgehead atoms. The van der Waals surface area contributed by atoms with Crippen LogP contribution in [0, 0.1) is 6.92 Å². The highest BCUT2D eigenvalue weighted by molar-refractivity contribution is 7.13. The highest BCUT2D eigenvalue weighted by Gasteiger charge is 2.09. The lowest BCUT2D eigenvalue weighted by atomic mass is 10.2. The summed E-state index contributed by atoms with van der Waals surface area (Å²) in [4.78, 5) is 19.9. The highest BCUT2D eigenvalue weighted by atomic mass is 32.1. The Morgan fingerprint density at radius 1 is 1.47 bits per heavy atom. The molecule has 2 rings (SSSR count). The topological polar surface area (TPSA) is 63.1 Å². The van der Waals surface area contributed by atoms with Gasteiger partial charge in [-0.05, 0) is 19.1 Å². The molecule has 0 fully saturated rings. The van der Waals surface area contributed by atoms with Crippen LogP contribution in [-0.4, -0.2) is 21.0 Å². The third-order valence-electron chi connectivity index (χ3n) is 1.99. The van der Waals surface area contributed by atoms with Crippen molar-refractivity contribution < 1.29 is 9.90 Å². The second-order valence-electron chi connectivity index (χ2n) is 3.00. The van der Waals surface area contributed by atoms with Gasteiger partial charge in [0.1, 0.15) is 0 Å². The summed E-state index contributed by atoms with van der Waals surface area (Å²) in [7, 11) is 0. The van der Waals surface area contributed by atoms with Gasteiger partial charge in [-0.2, -0.15) is 0 Å². The molecule has 0 spiro atoms. The molecule has 0 aliphatic heterocycles. The first-order chi connectivity index (χ1) is 7.18. The molecular weight excluding hydrogens is 212 g/mol. The molecule has 15 heavy (non-hydrogen) atoms. The fourth-order valence-corrected chi connectivity index (χ4v) is 2.01. The van der Waals surface area contributed by atoms with Crippen LogP contribution in [0.4, 0.5) is 0 Å². The average Bonchev–Trinajstić information content (AvgIpc) is 2.64. The first-order valence-electron chi connectivity index (χ1n) is 4.28. The van der Waals surface area contributed by atoms with Gasteiger partial charge in [0.25, 0.3) is 0 Å². The molecule has 0 saturated heterocycles. The van der Waals surface area contributed by atoms with E-state index in [2.05, 4.69) is 9.97 Å². The van der Waals surface area contributed by atoms with Crippen molar-refractivity contribution in [3.63, 3.8) is 0 Å². The van der Waals surface area contributed by atoms with Crippen LogP contribution in [0.25, 0.3) is 10.6 Å². The Balaban J connectivity index is 2.50. The van der Waals surface area contributed by atoms with E-state index >= 15 is 0 Å². The van der Waals surface area contributed by atoms with Gasteiger partial charge in [0.05, 0.1) is 27.3 Å². The van der Waals surface area contributed by atoms with Gasteiger partial charge in [0.15, 0.2) is 0 Å². The van der Waals surface area contributed by atoms with Crippen molar-refractivity contribution in [1.29, 1.82) is 0 Å². The summed E-state index contributed by atoms with van der Waals surface area (Å²) >= 11 is 1.46. The molecule has 2 aromatic heterocycles. The Labute approximate surface area is 90.3 Å². The van der Waals surface area contributed by atoms with E-state index in [1.165, 1.54) is 23.6 Å². The van der Waals surface area contributed by atoms with Gasteiger partial charge in [-0.1, -0.05) is 0 Å². The van der Waals surface area contributed by atoms with Crippen molar-refractivity contribution >= 4 is 17.3 Å². The summed E-state index contributed by atoms with van der Waals surface area (Å²) in [6.45, 7) is 1.88. The summed E-state index contributed by atoms with van der Waals surface area (Å²) in [5.74, 6) is -0.944. The van der Waals surface area contributed by atoms with Crippen LogP contribution >= 0.6 is 11.3 Å². The molecule has 0 unspecified atom stereocenters. The molecule has 0 amide bonds. The molecule has 1 N–H and O–H groups in total. The Morgan fingerprint density at radius 2 is 2.27 bits per heavy atom. The zero-order chi connectivity index (χ0) is 10.8. The van der Waals surface area contributed by atoms with Gasteiger partial charge in [-0.15, -0.1) is 11.3 Å². The zero-order valence-corrected chi connectivity index (χ0v) is 8.78. The van der Waals surface area contributed by atoms with E-state index in [1.54, 1.807) is 11.6 Å². The summed E-state index contributed by atoms with van der Waals surface area (Å²) < 4.78 is 0. The van der Waals surface area contributed by atoms with Crippen LogP contribution in [0.2, 0.25) is 0 Å². The first kappa shape index (κ1) is 9.79. The normalized spacial score (nSPS) is 10.2. The second kappa shape index (κ2) is 3.78. The second-order valence-corrected chi connectivity index (χ2v) is 3.86. The monoisotopic (exact) mass is 220 g/mol. The maximum atomic E-state index is 10.8. The zero-order valence-electron chi connectivity index (χ0n) is 7.97. The SMILES string of the molecule is Cc1ncsc1-c1cc(C(=O)O)ccn1. The van der Waals surface area contributed by atoms with E-state index in [0.717, 1.165) is 10.6 Å². The number of aromatic carboxylic acids is 1. The Kier molecular flexibility index (Phi) is 2.47. The molecule has 0 aromatic carbocycles. The minimum atomic E-state index is -0.944. The number of nitrogens with zero attached hydrogens (tertiary/aromatic N) is 2. The van der Waals surface area contributed by atoms with Gasteiger partial charge in [0.2, 0.25) is 0 Å². The van der Waals surface area contributed by atoms with Crippen molar-refractivity contribution in [2.24, 2.45) is 0 Å². The van der Waals surface area contributed by atoms with Crippen molar-refractivity contribution in [3.8, 4) is 10.6 Å². The predicted molar refractivity (Wildman–Crippen MR) is 57.0 cm³/mol. The van der Waals surface area contributed by atoms with E-state index in [1.807, 2.05) is 6.92 Å². The van der Waals surface area contributed by atoms with E-state index in [9.17, 15) is 4.79 Å². The van der Waals surface area contributed by atoms with Crippen LogP contribution in [0.3, 0.4) is 0 Å². The number of hydrogen-bond acceptors (Lipinski definition) is 4. The van der Waals surface area contributed by atoms with Crippen LogP contribution in [-0.2, 0) is 0 Å². The van der Waals surface area contributed by atoms with Crippen molar-refractivity contribution in [2.75, 3.05) is 0 Å². The summed E-state index contributed by atoms with van der Waals surface area (Å²) in [5.41, 5.74) is 3.50. The standard InChI is InChI=1S/C10H8N2O2S/c1-6-9(15-5-12-6)8-4-7(10(13)14)2-3-11-8/h2-5H,1H3,(H,13,14). The minimum Gasteiger partial charge on any atom is -0.478 e. The van der Waals surface area contributed by atoms with Crippen LogP contribution < -0.4 is 0 Å². The lowest BCUT2D eigenvalue weighted by Gasteiger charge is -1.99. The Morgan fingerprint density at radius 3 is 2.87 bits per heavy atom. The van der Waals surface area contributed by atoms with Crippen LogP contribution in [0.1, 0.15) is 16.1 Å². The average molecular weight is 220 g/mol. The minimum absolute atomic E-state index is 0.243. The van der Waals surface area contributed by atoms with Gasteiger partial charge in [-0.25, -0.2) is 9.78 Å². The molecule has 0 atom stereocenters. The summed E-state index contributed by atoms with van der Waals surface area (Å²) in [6.07, 6.45) is 1.50. The van der Waals surface area contributed by atoms with Crippen LogP contribution in [0.15, 0.2) is 23.8 Å². The highest BCUT2D eigenvalue weighted by Crippen LogP contribution is 2.25. The maximum Gasteiger partial charge on any atom is 0.335 e. The molecule has 76 valence electrons. The fourth-order valence-electron chi connectivity index (χ4n) is 1.24. The number of aryl methyl sites for hydroxylation is 1. The molecule has 2 aromatic rings. The number of rotatable bonds is 2. The smallest absolute Gasteiger partial charge is 0.335 e. The lowest BCUT2D eigenvalue weighted by Crippen LogP contribution is -1.97. The molecule has 4 nitrogen and oxygen atoms in total. The van der Waals surface area contributed by atoms with E-state index in [-0.39, 0.29) is 5.56 Å². The van der Waals surface area contributed by atoms with Gasteiger partial charge in [-0.3, -0.25) is 4.98 Å². The summed E-state index contributed by atoms with van der Waals surface area (Å²) in [5, 5.41) is 8.84. The van der Waals surface area contributed by atoms with Crippen molar-refractivity contribution in [3.05, 3.63) is 35.1 Å². The number of carboxylic acids is 1. The molecule has 2 heterocycles. The molecular formula is C10H8N2O2S. The number of pyridine rings is 1. The fraction of sp³-hybridized carbons (Fsp3) is 0.100. The van der Waals surface area contributed by atoms with Gasteiger partial charge in [0, 0.05) is 6.20 Å².